The second kappa shape index (κ2) is 59.0. The lowest BCUT2D eigenvalue weighted by Crippen LogP contribution is -2.09. The molecule has 142 heavy (non-hydrogen) atoms. The van der Waals surface area contributed by atoms with E-state index in [9.17, 15) is 47.8 Å². The van der Waals surface area contributed by atoms with Gasteiger partial charge in [0.2, 0.25) is 0 Å². The van der Waals surface area contributed by atoms with E-state index in [2.05, 4.69) is 179 Å². The summed E-state index contributed by atoms with van der Waals surface area (Å²) >= 11 is 7.51. The Morgan fingerprint density at radius 2 is 0.662 bits per heavy atom. The molecule has 26 heteroatoms. The smallest absolute Gasteiger partial charge is 0.190 e. The highest BCUT2D eigenvalue weighted by atomic mass is 35.5. The molecule has 0 radical (unpaired) electrons. The quantitative estimate of drug-likeness (QED) is 0.0481. The Kier molecular flexibility index (Phi) is 48.5. The molecule has 17 aromatic rings. The van der Waals surface area contributed by atoms with Crippen molar-refractivity contribution in [2.75, 3.05) is 12.4 Å². The molecule has 0 atom stereocenters. The van der Waals surface area contributed by atoms with Gasteiger partial charge in [-0.3, -0.25) is 28.8 Å². The second-order valence-electron chi connectivity index (χ2n) is 37.5. The van der Waals surface area contributed by atoms with Crippen LogP contribution in [0.5, 0.6) is 5.75 Å². The van der Waals surface area contributed by atoms with Gasteiger partial charge < -0.3 is 70.6 Å². The number of aliphatic hydroxyl groups excluding tert-OH is 6. The number of aromatic amines is 6. The first-order chi connectivity index (χ1) is 67.4. The molecule has 0 bridgehead atoms. The van der Waals surface area contributed by atoms with Gasteiger partial charge in [0.15, 0.2) is 37.7 Å². The summed E-state index contributed by atoms with van der Waals surface area (Å²) < 4.78 is 31.3. The molecule has 0 aliphatic rings. The number of halogens is 3. The maximum Gasteiger partial charge on any atom is 0.190 e. The number of anilines is 1. The number of nitrogens with one attached hydrogen (secondary N) is 7. The van der Waals surface area contributed by atoms with E-state index in [0.29, 0.717) is 94.2 Å². The Labute approximate surface area is 838 Å². The SMILES string of the molecule is CC(C)C.CC(C)C.CC(C)C.CC(C)C.CC(C)C.CC(C)C.CC(C)Nc1nc(-c2cc(=O)c3ccc(CO)cc3[nH]2)cs1.COc1ccc(-c2cc(=O)c3ccc(CO)cc3[nH]2)cc1.N#Cc1cc(=O)c2ccc(CO)c(Cl)c2[nH]1.O=c1cc(-c2ccc(F)cc2)[nH]c2cc(CO)ccc12.O=c1cc(-c2cccc(F)c2)[nH]c2cc(CO)ccc12.O=c1cc(-c2ccccc2)[nH]c2cc(CO)ccc12. The first-order valence-electron chi connectivity index (χ1n) is 47.1. The van der Waals surface area contributed by atoms with Crippen molar-refractivity contribution in [2.24, 2.45) is 35.5 Å². The van der Waals surface area contributed by atoms with Gasteiger partial charge >= 0.3 is 0 Å². The molecule has 0 aliphatic carbocycles. The van der Waals surface area contributed by atoms with Crippen LogP contribution in [0.2, 0.25) is 5.02 Å². The maximum atomic E-state index is 13.3. The third kappa shape index (κ3) is 38.3. The normalized spacial score (nSPS) is 10.5. The molecular weight excluding hydrogens is 1830 g/mol. The summed E-state index contributed by atoms with van der Waals surface area (Å²) in [5.41, 5.74) is 15.0. The van der Waals surface area contributed by atoms with Crippen LogP contribution in [0, 0.1) is 58.5 Å². The van der Waals surface area contributed by atoms with Gasteiger partial charge in [0.25, 0.3) is 0 Å². The van der Waals surface area contributed by atoms with Crippen LogP contribution >= 0.6 is 22.9 Å². The highest BCUT2D eigenvalue weighted by Gasteiger charge is 2.15. The molecule has 0 fully saturated rings. The Bertz CT molecular complexity index is 7250. The summed E-state index contributed by atoms with van der Waals surface area (Å²) in [6, 6.07) is 69.5. The van der Waals surface area contributed by atoms with Crippen LogP contribution < -0.4 is 42.6 Å². The number of methoxy groups -OCH3 is 1. The van der Waals surface area contributed by atoms with Crippen LogP contribution in [0.3, 0.4) is 0 Å². The number of ether oxygens (including phenoxy) is 1. The summed E-state index contributed by atoms with van der Waals surface area (Å²) in [5.74, 6) is 5.09. The lowest BCUT2D eigenvalue weighted by molar-refractivity contribution is 0.282. The van der Waals surface area contributed by atoms with Gasteiger partial charge in [-0.1, -0.05) is 215 Å². The Morgan fingerprint density at radius 3 is 0.986 bits per heavy atom. The van der Waals surface area contributed by atoms with E-state index in [1.165, 1.54) is 53.8 Å². The zero-order chi connectivity index (χ0) is 105. The molecule has 10 aromatic carbocycles. The van der Waals surface area contributed by atoms with Crippen molar-refractivity contribution < 1.29 is 44.2 Å². The van der Waals surface area contributed by atoms with Crippen molar-refractivity contribution in [3.05, 3.63) is 365 Å². The average Bonchev–Trinajstić information content (AvgIpc) is 1.28. The fourth-order valence-electron chi connectivity index (χ4n) is 12.6. The summed E-state index contributed by atoms with van der Waals surface area (Å²) in [6.45, 7) is 42.6. The number of fused-ring (bicyclic) bond motifs is 6. The largest absolute Gasteiger partial charge is 0.497 e. The maximum absolute atomic E-state index is 13.3. The monoisotopic (exact) mass is 1970 g/mol. The van der Waals surface area contributed by atoms with Gasteiger partial charge in [-0.2, -0.15) is 5.26 Å². The molecule has 22 nitrogen and oxygen atoms in total. The minimum atomic E-state index is -0.354. The lowest BCUT2D eigenvalue weighted by Gasteiger charge is -2.07. The fourth-order valence-corrected chi connectivity index (χ4v) is 13.8. The van der Waals surface area contributed by atoms with E-state index in [1.807, 2.05) is 72.1 Å². The highest BCUT2D eigenvalue weighted by Crippen LogP contribution is 2.30. The molecule has 13 N–H and O–H groups in total. The molecule has 0 saturated heterocycles. The van der Waals surface area contributed by atoms with E-state index in [1.54, 1.807) is 147 Å². The predicted molar refractivity (Wildman–Crippen MR) is 584 cm³/mol. The number of hydrogen-bond donors (Lipinski definition) is 13. The summed E-state index contributed by atoms with van der Waals surface area (Å²) in [6.07, 6.45) is 0. The molecule has 0 amide bonds. The third-order valence-corrected chi connectivity index (χ3v) is 19.9. The Morgan fingerprint density at radius 1 is 0.352 bits per heavy atom. The van der Waals surface area contributed by atoms with Gasteiger partial charge in [0, 0.05) is 108 Å². The molecule has 7 heterocycles. The lowest BCUT2D eigenvalue weighted by atomic mass is 10.1. The first kappa shape index (κ1) is 117. The van der Waals surface area contributed by atoms with Gasteiger partial charge in [-0.15, -0.1) is 11.3 Å². The van der Waals surface area contributed by atoms with E-state index < -0.39 is 0 Å². The molecule has 0 unspecified atom stereocenters. The van der Waals surface area contributed by atoms with Crippen LogP contribution in [-0.2, 0) is 39.6 Å². The van der Waals surface area contributed by atoms with E-state index in [0.717, 1.165) is 113 Å². The highest BCUT2D eigenvalue weighted by molar-refractivity contribution is 7.14. The molecular formula is C116H136ClF2N9O13S. The van der Waals surface area contributed by atoms with Crippen LogP contribution in [0.25, 0.3) is 122 Å². The van der Waals surface area contributed by atoms with Crippen molar-refractivity contribution in [1.29, 1.82) is 5.26 Å². The Balaban J connectivity index is 0.000000249. The van der Waals surface area contributed by atoms with Crippen molar-refractivity contribution in [3.8, 4) is 68.2 Å². The first-order valence-corrected chi connectivity index (χ1v) is 48.4. The average molecular weight is 1970 g/mol. The zero-order valence-electron chi connectivity index (χ0n) is 84.9. The fraction of sp³-hybridized carbons (Fsp3) is 0.293. The Hall–Kier alpha value is -13.9. The molecule has 7 aromatic heterocycles. The summed E-state index contributed by atoms with van der Waals surface area (Å²) in [7, 11) is 1.61. The van der Waals surface area contributed by atoms with E-state index in [-0.39, 0.29) is 94.6 Å². The topological polar surface area (TPSA) is 376 Å². The minimum absolute atomic E-state index is 0.0166. The van der Waals surface area contributed by atoms with Gasteiger partial charge in [-0.25, -0.2) is 13.8 Å². The zero-order valence-corrected chi connectivity index (χ0v) is 86.5. The summed E-state index contributed by atoms with van der Waals surface area (Å²) in [4.78, 5) is 95.5. The summed E-state index contributed by atoms with van der Waals surface area (Å²) in [5, 5.41) is 73.3. The number of aliphatic hydroxyl groups is 6. The number of hydrogen-bond acceptors (Lipinski definition) is 17. The van der Waals surface area contributed by atoms with Gasteiger partial charge in [-0.05, 0) is 227 Å². The van der Waals surface area contributed by atoms with Gasteiger partial charge in [0.05, 0.1) is 96.3 Å². The van der Waals surface area contributed by atoms with E-state index in [4.69, 9.17) is 42.0 Å². The molecule has 0 saturated carbocycles. The number of H-pyrrole nitrogens is 6. The second-order valence-corrected chi connectivity index (χ2v) is 38.8. The van der Waals surface area contributed by atoms with Crippen LogP contribution in [0.4, 0.5) is 13.9 Å². The van der Waals surface area contributed by atoms with Crippen molar-refractivity contribution in [2.45, 2.75) is 184 Å². The molecule has 17 rings (SSSR count). The van der Waals surface area contributed by atoms with Gasteiger partial charge in [0.1, 0.15) is 29.1 Å². The number of nitrogens with zero attached hydrogens (tertiary/aromatic N) is 2. The number of benzene rings is 10. The third-order valence-electron chi connectivity index (χ3n) is 18.7. The van der Waals surface area contributed by atoms with Crippen molar-refractivity contribution in [3.63, 3.8) is 0 Å². The van der Waals surface area contributed by atoms with E-state index >= 15 is 0 Å². The minimum Gasteiger partial charge on any atom is -0.497 e. The van der Waals surface area contributed by atoms with Crippen LogP contribution in [-0.4, -0.2) is 78.7 Å². The molecule has 750 valence electrons. The van der Waals surface area contributed by atoms with Crippen LogP contribution in [0.1, 0.15) is 178 Å². The number of nitriles is 1. The number of rotatable bonds is 14. The van der Waals surface area contributed by atoms with Crippen LogP contribution in [0.15, 0.2) is 277 Å². The van der Waals surface area contributed by atoms with Crippen molar-refractivity contribution >= 4 is 93.5 Å². The predicted octanol–water partition coefficient (Wildman–Crippen LogP) is 25.5. The molecule has 0 spiro atoms. The number of aromatic nitrogens is 7. The number of thiazole rings is 1. The number of pyridine rings is 6. The van der Waals surface area contributed by atoms with Crippen molar-refractivity contribution in [1.82, 2.24) is 34.9 Å². The standard InChI is InChI=1S/C17H15NO3.2C16H12FNO2.C16H17N3O2S.C16H13NO2.C11H7ClN2O2.6C4H10/c1-21-13-5-3-12(4-6-13)15-9-17(20)14-7-2-11(10-19)8-16(14)18-15;17-12-4-2-11(3-5-12)14-8-16(20)13-6-1-10(9-19)7-15(13)18-14;17-12-3-1-2-11(7-12)14-8-16(20)13-5-4-10(9-19)6-15(13)18-14;1-9(2)17-16-19-14(8-22-16)13-6-15(21)11-4-3-10(7-20)5-12(11)18-13;18-10-11-6-7-13-15(8-11)17-14(9-16(13)19)12-4-2-1-3-5-12;12-10-6(5-15)1-2-8-9(16)3-7(4-13)14-11(8)10;6*1-4(2)3/h2-9,19H,10H2,1H3,(H,18,20);2*1-8,19H,9H2,(H,18,20);3-6,8-9,20H,7H2,1-2H3,(H,17,19)(H,18,21);1-9,18H,10H2,(H,17,19);1-3,15H,5H2,(H,14,16);6*4H,1-3H3. The molecule has 0 aliphatic heterocycles.